The topological polar surface area (TPSA) is 64.3 Å². The van der Waals surface area contributed by atoms with E-state index < -0.39 is 0 Å². The average molecular weight is 245 g/mol. The third kappa shape index (κ3) is 4.51. The zero-order chi connectivity index (χ0) is 11.1. The summed E-state index contributed by atoms with van der Waals surface area (Å²) in [6.07, 6.45) is 0.320. The molecule has 0 aliphatic carbocycles. The second-order valence-electron chi connectivity index (χ2n) is 3.02. The summed E-state index contributed by atoms with van der Waals surface area (Å²) in [4.78, 5) is 11.3. The van der Waals surface area contributed by atoms with Crippen molar-refractivity contribution in [3.8, 4) is 5.75 Å². The Bertz CT molecular complexity index is 332. The normalized spacial score (nSPS) is 9.12. The van der Waals surface area contributed by atoms with E-state index in [4.69, 9.17) is 10.5 Å². The molecule has 0 radical (unpaired) electrons. The lowest BCUT2D eigenvalue weighted by atomic mass is 10.3. The van der Waals surface area contributed by atoms with Gasteiger partial charge in [-0.3, -0.25) is 4.79 Å². The van der Waals surface area contributed by atoms with Crippen LogP contribution >= 0.6 is 12.4 Å². The number of benzene rings is 1. The maximum absolute atomic E-state index is 11.3. The van der Waals surface area contributed by atoms with Gasteiger partial charge in [-0.1, -0.05) is 12.1 Å². The number of halogens is 1. The first kappa shape index (κ1) is 14.7. The van der Waals surface area contributed by atoms with Gasteiger partial charge in [-0.2, -0.15) is 0 Å². The minimum Gasteiger partial charge on any atom is -0.492 e. The van der Waals surface area contributed by atoms with Crippen molar-refractivity contribution in [1.29, 1.82) is 0 Å². The van der Waals surface area contributed by atoms with Gasteiger partial charge < -0.3 is 15.8 Å². The largest absolute Gasteiger partial charge is 0.492 e. The maximum atomic E-state index is 11.3. The molecule has 1 amide bonds. The molecule has 0 heterocycles. The number of amides is 1. The van der Waals surface area contributed by atoms with E-state index in [-0.39, 0.29) is 18.3 Å². The predicted octanol–water partition coefficient (Wildman–Crippen LogP) is 1.79. The zero-order valence-electron chi connectivity index (χ0n) is 9.23. The van der Waals surface area contributed by atoms with Crippen LogP contribution in [-0.4, -0.2) is 19.1 Å². The van der Waals surface area contributed by atoms with Gasteiger partial charge in [0, 0.05) is 13.0 Å². The number of para-hydroxylation sites is 2. The first-order valence-electron chi connectivity index (χ1n) is 4.99. The molecule has 0 saturated carbocycles. The van der Waals surface area contributed by atoms with Crippen LogP contribution in [0.3, 0.4) is 0 Å². The Morgan fingerprint density at radius 2 is 2.12 bits per heavy atom. The van der Waals surface area contributed by atoms with Gasteiger partial charge in [0.2, 0.25) is 5.91 Å². The Labute approximate surface area is 102 Å². The third-order valence-electron chi connectivity index (χ3n) is 1.83. The molecule has 0 unspecified atom stereocenters. The van der Waals surface area contributed by atoms with E-state index in [0.29, 0.717) is 31.0 Å². The van der Waals surface area contributed by atoms with Crippen molar-refractivity contribution in [2.24, 2.45) is 5.73 Å². The van der Waals surface area contributed by atoms with Crippen molar-refractivity contribution in [2.45, 2.75) is 13.3 Å². The molecule has 90 valence electrons. The van der Waals surface area contributed by atoms with Crippen molar-refractivity contribution in [3.63, 3.8) is 0 Å². The van der Waals surface area contributed by atoms with Crippen LogP contribution in [0.1, 0.15) is 13.3 Å². The van der Waals surface area contributed by atoms with Gasteiger partial charge >= 0.3 is 0 Å². The standard InChI is InChI=1S/C11H16N2O2.ClH/c1-2-15-10-6-4-3-5-9(10)13-11(14)7-8-12;/h3-6H,2,7-8,12H2,1H3,(H,13,14);1H. The number of ether oxygens (including phenoxy) is 1. The van der Waals surface area contributed by atoms with Crippen molar-refractivity contribution in [1.82, 2.24) is 0 Å². The molecule has 0 spiro atoms. The highest BCUT2D eigenvalue weighted by molar-refractivity contribution is 5.92. The number of nitrogens with one attached hydrogen (secondary N) is 1. The molecular weight excluding hydrogens is 228 g/mol. The molecule has 0 fully saturated rings. The minimum absolute atomic E-state index is 0. The summed E-state index contributed by atoms with van der Waals surface area (Å²) in [6.45, 7) is 2.82. The lowest BCUT2D eigenvalue weighted by Crippen LogP contribution is -2.16. The second-order valence-corrected chi connectivity index (χ2v) is 3.02. The number of hydrogen-bond acceptors (Lipinski definition) is 3. The van der Waals surface area contributed by atoms with Gasteiger partial charge in [0.1, 0.15) is 5.75 Å². The highest BCUT2D eigenvalue weighted by atomic mass is 35.5. The molecule has 0 aliphatic heterocycles. The summed E-state index contributed by atoms with van der Waals surface area (Å²) in [6, 6.07) is 7.34. The lowest BCUT2D eigenvalue weighted by molar-refractivity contribution is -0.116. The fourth-order valence-electron chi connectivity index (χ4n) is 1.20. The molecule has 16 heavy (non-hydrogen) atoms. The van der Waals surface area contributed by atoms with E-state index in [1.54, 1.807) is 6.07 Å². The van der Waals surface area contributed by atoms with Crippen LogP contribution in [0, 0.1) is 0 Å². The molecule has 0 aromatic heterocycles. The second kappa shape index (κ2) is 7.96. The van der Waals surface area contributed by atoms with Gasteiger partial charge in [0.05, 0.1) is 12.3 Å². The molecule has 4 nitrogen and oxygen atoms in total. The molecule has 0 bridgehead atoms. The van der Waals surface area contributed by atoms with Crippen LogP contribution in [0.25, 0.3) is 0 Å². The smallest absolute Gasteiger partial charge is 0.225 e. The lowest BCUT2D eigenvalue weighted by Gasteiger charge is -2.10. The van der Waals surface area contributed by atoms with Gasteiger partial charge in [0.15, 0.2) is 0 Å². The number of anilines is 1. The number of rotatable bonds is 5. The van der Waals surface area contributed by atoms with Crippen LogP contribution in [0.4, 0.5) is 5.69 Å². The first-order chi connectivity index (χ1) is 7.27. The Kier molecular flexibility index (Phi) is 7.33. The number of carbonyl (C=O) groups excluding carboxylic acids is 1. The van der Waals surface area contributed by atoms with Gasteiger partial charge in [0.25, 0.3) is 0 Å². The summed E-state index contributed by atoms with van der Waals surface area (Å²) < 4.78 is 5.37. The monoisotopic (exact) mass is 244 g/mol. The Morgan fingerprint density at radius 3 is 2.75 bits per heavy atom. The Balaban J connectivity index is 0.00000225. The van der Waals surface area contributed by atoms with Crippen LogP contribution < -0.4 is 15.8 Å². The molecule has 0 aliphatic rings. The fourth-order valence-corrected chi connectivity index (χ4v) is 1.20. The Hall–Kier alpha value is -1.26. The van der Waals surface area contributed by atoms with Crippen molar-refractivity contribution >= 4 is 24.0 Å². The summed E-state index contributed by atoms with van der Waals surface area (Å²) in [5, 5.41) is 2.75. The predicted molar refractivity (Wildman–Crippen MR) is 67.2 cm³/mol. The molecule has 1 rings (SSSR count). The van der Waals surface area contributed by atoms with E-state index in [1.165, 1.54) is 0 Å². The van der Waals surface area contributed by atoms with Gasteiger partial charge in [-0.15, -0.1) is 12.4 Å². The van der Waals surface area contributed by atoms with E-state index in [9.17, 15) is 4.79 Å². The quantitative estimate of drug-likeness (QED) is 0.830. The number of hydrogen-bond donors (Lipinski definition) is 2. The molecule has 3 N–H and O–H groups in total. The molecule has 1 aromatic rings. The summed E-state index contributed by atoms with van der Waals surface area (Å²) >= 11 is 0. The maximum Gasteiger partial charge on any atom is 0.225 e. The Morgan fingerprint density at radius 1 is 1.44 bits per heavy atom. The SMILES string of the molecule is CCOc1ccccc1NC(=O)CCN.Cl. The summed E-state index contributed by atoms with van der Waals surface area (Å²) in [5.41, 5.74) is 5.98. The van der Waals surface area contributed by atoms with E-state index in [1.807, 2.05) is 25.1 Å². The fraction of sp³-hybridized carbons (Fsp3) is 0.364. The van der Waals surface area contributed by atoms with Crippen LogP contribution in [0.2, 0.25) is 0 Å². The molecule has 0 atom stereocenters. The van der Waals surface area contributed by atoms with Crippen molar-refractivity contribution in [2.75, 3.05) is 18.5 Å². The molecule has 1 aromatic carbocycles. The van der Waals surface area contributed by atoms with Crippen molar-refractivity contribution < 1.29 is 9.53 Å². The molecule has 5 heteroatoms. The molecular formula is C11H17ClN2O2. The number of nitrogens with two attached hydrogens (primary N) is 1. The number of carbonyl (C=O) groups is 1. The van der Waals surface area contributed by atoms with E-state index >= 15 is 0 Å². The average Bonchev–Trinajstić information content (AvgIpc) is 2.21. The first-order valence-corrected chi connectivity index (χ1v) is 4.99. The highest BCUT2D eigenvalue weighted by Gasteiger charge is 2.05. The van der Waals surface area contributed by atoms with Crippen LogP contribution in [-0.2, 0) is 4.79 Å². The highest BCUT2D eigenvalue weighted by Crippen LogP contribution is 2.23. The summed E-state index contributed by atoms with van der Waals surface area (Å²) in [5.74, 6) is 0.593. The van der Waals surface area contributed by atoms with Gasteiger partial charge in [-0.25, -0.2) is 0 Å². The minimum atomic E-state index is -0.0929. The van der Waals surface area contributed by atoms with Crippen LogP contribution in [0.15, 0.2) is 24.3 Å². The zero-order valence-corrected chi connectivity index (χ0v) is 10.0. The summed E-state index contributed by atoms with van der Waals surface area (Å²) in [7, 11) is 0. The van der Waals surface area contributed by atoms with Crippen LogP contribution in [0.5, 0.6) is 5.75 Å². The van der Waals surface area contributed by atoms with Crippen molar-refractivity contribution in [3.05, 3.63) is 24.3 Å². The third-order valence-corrected chi connectivity index (χ3v) is 1.83. The molecule has 0 saturated heterocycles. The van der Waals surface area contributed by atoms with E-state index in [0.717, 1.165) is 0 Å². The van der Waals surface area contributed by atoms with E-state index in [2.05, 4.69) is 5.32 Å². The van der Waals surface area contributed by atoms with Gasteiger partial charge in [-0.05, 0) is 19.1 Å².